The third-order valence-electron chi connectivity index (χ3n) is 1.74. The van der Waals surface area contributed by atoms with Crippen LogP contribution in [0.5, 0.6) is 0 Å². The fraction of sp³-hybridized carbons (Fsp3) is 0.600. The predicted molar refractivity (Wildman–Crippen MR) is 57.5 cm³/mol. The van der Waals surface area contributed by atoms with Gasteiger partial charge in [0.2, 0.25) is 5.91 Å². The fourth-order valence-corrected chi connectivity index (χ4v) is 0.899. The van der Waals surface area contributed by atoms with Gasteiger partial charge in [-0.25, -0.2) is 4.79 Å². The highest BCUT2D eigenvalue weighted by Crippen LogP contribution is 1.83. The highest BCUT2D eigenvalue weighted by molar-refractivity contribution is 5.81. The summed E-state index contributed by atoms with van der Waals surface area (Å²) in [6, 6.07) is -0.310. The van der Waals surface area contributed by atoms with Gasteiger partial charge in [0.05, 0.1) is 6.04 Å². The fourth-order valence-electron chi connectivity index (χ4n) is 0.899. The van der Waals surface area contributed by atoms with E-state index in [1.165, 1.54) is 6.08 Å². The van der Waals surface area contributed by atoms with Gasteiger partial charge in [0.1, 0.15) is 0 Å². The molecule has 0 aromatic heterocycles. The van der Waals surface area contributed by atoms with Crippen molar-refractivity contribution >= 4 is 11.9 Å². The maximum Gasteiger partial charge on any atom is 0.328 e. The van der Waals surface area contributed by atoms with Gasteiger partial charge in [0.25, 0.3) is 0 Å². The van der Waals surface area contributed by atoms with E-state index >= 15 is 0 Å². The molecule has 15 heavy (non-hydrogen) atoms. The van der Waals surface area contributed by atoms with Gasteiger partial charge < -0.3 is 15.7 Å². The van der Waals surface area contributed by atoms with E-state index in [-0.39, 0.29) is 11.9 Å². The summed E-state index contributed by atoms with van der Waals surface area (Å²) in [6.45, 7) is 4.75. The number of nitrogens with one attached hydrogen (secondary N) is 2. The molecular weight excluding hydrogens is 196 g/mol. The summed E-state index contributed by atoms with van der Waals surface area (Å²) >= 11 is 0. The third-order valence-corrected chi connectivity index (χ3v) is 1.74. The Bertz CT molecular complexity index is 239. The van der Waals surface area contributed by atoms with Crippen molar-refractivity contribution in [3.05, 3.63) is 12.2 Å². The van der Waals surface area contributed by atoms with E-state index in [1.807, 2.05) is 6.92 Å². The van der Waals surface area contributed by atoms with Gasteiger partial charge in [0, 0.05) is 19.2 Å². The normalized spacial score (nSPS) is 12.7. The molecule has 86 valence electrons. The number of aliphatic carboxylic acids is 1. The quantitative estimate of drug-likeness (QED) is 0.526. The monoisotopic (exact) mass is 214 g/mol. The maximum absolute atomic E-state index is 11.3. The molecule has 5 heteroatoms. The Morgan fingerprint density at radius 2 is 2.13 bits per heavy atom. The summed E-state index contributed by atoms with van der Waals surface area (Å²) in [7, 11) is 0. The summed E-state index contributed by atoms with van der Waals surface area (Å²) in [6.07, 6.45) is 3.41. The molecule has 0 fully saturated rings. The predicted octanol–water partition coefficient (Wildman–Crippen LogP) is 0.132. The molecule has 5 nitrogen and oxygen atoms in total. The number of carboxylic acids is 1. The van der Waals surface area contributed by atoms with Crippen molar-refractivity contribution in [3.8, 4) is 0 Å². The number of rotatable bonds is 7. The lowest BCUT2D eigenvalue weighted by Crippen LogP contribution is -2.42. The minimum atomic E-state index is -0.986. The lowest BCUT2D eigenvalue weighted by Gasteiger charge is -2.11. The van der Waals surface area contributed by atoms with Crippen LogP contribution in [0.4, 0.5) is 0 Å². The largest absolute Gasteiger partial charge is 0.478 e. The lowest BCUT2D eigenvalue weighted by molar-refractivity contribution is -0.131. The van der Waals surface area contributed by atoms with Crippen LogP contribution in [0.2, 0.25) is 0 Å². The molecule has 0 aliphatic carbocycles. The molecule has 0 heterocycles. The molecule has 0 bridgehead atoms. The first-order valence-electron chi connectivity index (χ1n) is 4.98. The minimum Gasteiger partial charge on any atom is -0.478 e. The Balaban J connectivity index is 3.68. The van der Waals surface area contributed by atoms with E-state index in [0.717, 1.165) is 12.5 Å². The van der Waals surface area contributed by atoms with Gasteiger partial charge in [-0.2, -0.15) is 0 Å². The summed E-state index contributed by atoms with van der Waals surface area (Å²) in [5.74, 6) is -1.06. The Kier molecular flexibility index (Phi) is 7.27. The first-order chi connectivity index (χ1) is 7.07. The molecule has 0 rings (SSSR count). The maximum atomic E-state index is 11.3. The molecule has 1 atom stereocenters. The second kappa shape index (κ2) is 7.99. The van der Waals surface area contributed by atoms with Crippen LogP contribution in [0.25, 0.3) is 0 Å². The van der Waals surface area contributed by atoms with Crippen molar-refractivity contribution in [3.63, 3.8) is 0 Å². The molecular formula is C10H18N2O3. The molecule has 0 spiro atoms. The van der Waals surface area contributed by atoms with E-state index < -0.39 is 5.97 Å². The van der Waals surface area contributed by atoms with Crippen molar-refractivity contribution in [2.24, 2.45) is 0 Å². The average Bonchev–Trinajstić information content (AvgIpc) is 2.20. The molecule has 3 N–H and O–H groups in total. The summed E-state index contributed by atoms with van der Waals surface area (Å²) in [5.41, 5.74) is 0. The highest BCUT2D eigenvalue weighted by atomic mass is 16.4. The van der Waals surface area contributed by atoms with Crippen LogP contribution in [-0.2, 0) is 9.59 Å². The number of amides is 1. The number of hydrogen-bond donors (Lipinski definition) is 3. The summed E-state index contributed by atoms with van der Waals surface area (Å²) < 4.78 is 0. The Labute approximate surface area is 89.6 Å². The van der Waals surface area contributed by atoms with Crippen LogP contribution >= 0.6 is 0 Å². The molecule has 0 saturated carbocycles. The van der Waals surface area contributed by atoms with E-state index in [0.29, 0.717) is 13.1 Å². The summed E-state index contributed by atoms with van der Waals surface area (Å²) in [4.78, 5) is 21.4. The number of hydrogen-bond acceptors (Lipinski definition) is 3. The molecule has 0 aliphatic rings. The Hall–Kier alpha value is -1.36. The molecule has 0 radical (unpaired) electrons. The van der Waals surface area contributed by atoms with Crippen LogP contribution < -0.4 is 10.6 Å². The van der Waals surface area contributed by atoms with Crippen molar-refractivity contribution in [2.75, 3.05) is 13.1 Å². The first kappa shape index (κ1) is 13.6. The SMILES string of the molecule is CCCNC(=O)C(C)NC/C=C/C(=O)O. The van der Waals surface area contributed by atoms with Gasteiger partial charge in [-0.3, -0.25) is 4.79 Å². The van der Waals surface area contributed by atoms with Crippen LogP contribution in [-0.4, -0.2) is 36.1 Å². The molecule has 1 amide bonds. The Morgan fingerprint density at radius 3 is 2.67 bits per heavy atom. The van der Waals surface area contributed by atoms with E-state index in [9.17, 15) is 9.59 Å². The second-order valence-corrected chi connectivity index (χ2v) is 3.16. The molecule has 1 unspecified atom stereocenters. The third kappa shape index (κ3) is 7.69. The van der Waals surface area contributed by atoms with Gasteiger partial charge in [-0.15, -0.1) is 0 Å². The first-order valence-corrected chi connectivity index (χ1v) is 4.98. The average molecular weight is 214 g/mol. The van der Waals surface area contributed by atoms with Gasteiger partial charge in [0.15, 0.2) is 0 Å². The van der Waals surface area contributed by atoms with Crippen LogP contribution in [0.1, 0.15) is 20.3 Å². The number of carbonyl (C=O) groups excluding carboxylic acids is 1. The van der Waals surface area contributed by atoms with Gasteiger partial charge in [-0.1, -0.05) is 13.0 Å². The lowest BCUT2D eigenvalue weighted by atomic mass is 10.3. The Morgan fingerprint density at radius 1 is 1.47 bits per heavy atom. The zero-order valence-electron chi connectivity index (χ0n) is 9.12. The standard InChI is InChI=1S/C10H18N2O3/c1-3-6-12-10(15)8(2)11-7-4-5-9(13)14/h4-5,8,11H,3,6-7H2,1-2H3,(H,12,15)(H,13,14)/b5-4+. The summed E-state index contributed by atoms with van der Waals surface area (Å²) in [5, 5.41) is 13.9. The zero-order valence-corrected chi connectivity index (χ0v) is 9.12. The van der Waals surface area contributed by atoms with Crippen LogP contribution in [0.15, 0.2) is 12.2 Å². The van der Waals surface area contributed by atoms with E-state index in [1.54, 1.807) is 6.92 Å². The van der Waals surface area contributed by atoms with E-state index in [4.69, 9.17) is 5.11 Å². The van der Waals surface area contributed by atoms with Gasteiger partial charge >= 0.3 is 5.97 Å². The van der Waals surface area contributed by atoms with E-state index in [2.05, 4.69) is 10.6 Å². The highest BCUT2D eigenvalue weighted by Gasteiger charge is 2.09. The van der Waals surface area contributed by atoms with Gasteiger partial charge in [-0.05, 0) is 13.3 Å². The van der Waals surface area contributed by atoms with Crippen molar-refractivity contribution < 1.29 is 14.7 Å². The zero-order chi connectivity index (χ0) is 11.7. The second-order valence-electron chi connectivity index (χ2n) is 3.16. The van der Waals surface area contributed by atoms with Crippen LogP contribution in [0, 0.1) is 0 Å². The van der Waals surface area contributed by atoms with Crippen molar-refractivity contribution in [1.82, 2.24) is 10.6 Å². The molecule has 0 aromatic carbocycles. The van der Waals surface area contributed by atoms with Crippen molar-refractivity contribution in [1.29, 1.82) is 0 Å². The van der Waals surface area contributed by atoms with Crippen LogP contribution in [0.3, 0.4) is 0 Å². The molecule has 0 saturated heterocycles. The number of carbonyl (C=O) groups is 2. The number of carboxylic acid groups (broad SMARTS) is 1. The molecule has 0 aromatic rings. The van der Waals surface area contributed by atoms with Crippen molar-refractivity contribution in [2.45, 2.75) is 26.3 Å². The molecule has 0 aliphatic heterocycles. The minimum absolute atomic E-state index is 0.0689. The topological polar surface area (TPSA) is 78.4 Å². The smallest absolute Gasteiger partial charge is 0.328 e.